The molecule has 1 atom stereocenters. The van der Waals surface area contributed by atoms with Crippen LogP contribution >= 0.6 is 0 Å². The van der Waals surface area contributed by atoms with Crippen LogP contribution in [0, 0.1) is 11.3 Å². The predicted octanol–water partition coefficient (Wildman–Crippen LogP) is 2.34. The van der Waals surface area contributed by atoms with Gasteiger partial charge in [0.15, 0.2) is 0 Å². The second-order valence-electron chi connectivity index (χ2n) is 4.37. The van der Waals surface area contributed by atoms with E-state index in [2.05, 4.69) is 32.3 Å². The van der Waals surface area contributed by atoms with Gasteiger partial charge in [-0.15, -0.1) is 0 Å². The smallest absolute Gasteiger partial charge is 0.302 e. The highest BCUT2D eigenvalue weighted by molar-refractivity contribution is 6.78. The highest BCUT2D eigenvalue weighted by Crippen LogP contribution is 2.27. The van der Waals surface area contributed by atoms with E-state index in [1.165, 1.54) is 6.92 Å². The average Bonchev–Trinajstić information content (AvgIpc) is 1.99. The maximum Gasteiger partial charge on any atom is 0.302 e. The van der Waals surface area contributed by atoms with Gasteiger partial charge in [-0.25, -0.2) is 0 Å². The van der Waals surface area contributed by atoms with Crippen LogP contribution in [0.2, 0.25) is 25.2 Å². The molecule has 0 saturated heterocycles. The van der Waals surface area contributed by atoms with Gasteiger partial charge >= 0.3 is 5.97 Å². The molecule has 0 bridgehead atoms. The van der Waals surface area contributed by atoms with Crippen molar-refractivity contribution < 1.29 is 9.53 Å². The first-order valence-electron chi connectivity index (χ1n) is 4.49. The number of nitriles is 1. The Bertz CT molecular complexity index is 273. The summed E-state index contributed by atoms with van der Waals surface area (Å²) in [5, 5.41) is 8.98. The first-order valence-corrected chi connectivity index (χ1v) is 8.07. The van der Waals surface area contributed by atoms with E-state index in [0.29, 0.717) is 5.57 Å². The fraction of sp³-hybridized carbons (Fsp3) is 0.600. The number of ether oxygens (including phenoxy) is 1. The average molecular weight is 211 g/mol. The van der Waals surface area contributed by atoms with Gasteiger partial charge in [0, 0.05) is 6.92 Å². The molecule has 0 fully saturated rings. The number of hydrogen-bond donors (Lipinski definition) is 0. The third-order valence-electron chi connectivity index (χ3n) is 1.86. The normalized spacial score (nSPS) is 12.8. The van der Waals surface area contributed by atoms with Crippen molar-refractivity contribution in [1.82, 2.24) is 0 Å². The Kier molecular flexibility index (Phi) is 4.58. The summed E-state index contributed by atoms with van der Waals surface area (Å²) < 4.78 is 4.81. The Morgan fingerprint density at radius 1 is 1.57 bits per heavy atom. The topological polar surface area (TPSA) is 50.1 Å². The molecule has 0 amide bonds. The Morgan fingerprint density at radius 2 is 2.07 bits per heavy atom. The summed E-state index contributed by atoms with van der Waals surface area (Å²) in [6.07, 6.45) is 0. The molecule has 0 heterocycles. The second kappa shape index (κ2) is 4.96. The van der Waals surface area contributed by atoms with E-state index < -0.39 is 8.07 Å². The molecule has 0 aromatic heterocycles. The molecule has 4 heteroatoms. The minimum Gasteiger partial charge on any atom is -0.461 e. The lowest BCUT2D eigenvalue weighted by atomic mass is 10.2. The van der Waals surface area contributed by atoms with E-state index in [0.717, 1.165) is 0 Å². The van der Waals surface area contributed by atoms with Gasteiger partial charge in [-0.2, -0.15) is 5.26 Å². The van der Waals surface area contributed by atoms with E-state index in [4.69, 9.17) is 10.00 Å². The van der Waals surface area contributed by atoms with Crippen LogP contribution in [0.1, 0.15) is 6.92 Å². The van der Waals surface area contributed by atoms with Crippen LogP contribution in [0.25, 0.3) is 0 Å². The lowest BCUT2D eigenvalue weighted by Gasteiger charge is -2.24. The van der Waals surface area contributed by atoms with Gasteiger partial charge in [0.05, 0.1) is 19.7 Å². The van der Waals surface area contributed by atoms with Crippen LogP contribution < -0.4 is 0 Å². The zero-order valence-electron chi connectivity index (χ0n) is 9.26. The number of nitrogens with zero attached hydrogens (tertiary/aromatic N) is 1. The van der Waals surface area contributed by atoms with Gasteiger partial charge in [0.1, 0.15) is 6.61 Å². The summed E-state index contributed by atoms with van der Waals surface area (Å²) in [5.41, 5.74) is 0.559. The van der Waals surface area contributed by atoms with Crippen molar-refractivity contribution in [3.05, 3.63) is 12.2 Å². The fourth-order valence-corrected chi connectivity index (χ4v) is 2.87. The van der Waals surface area contributed by atoms with Crippen molar-refractivity contribution in [2.45, 2.75) is 32.1 Å². The third kappa shape index (κ3) is 4.24. The van der Waals surface area contributed by atoms with E-state index in [-0.39, 0.29) is 18.1 Å². The summed E-state index contributed by atoms with van der Waals surface area (Å²) in [5.74, 6) is -0.335. The Labute approximate surface area is 86.4 Å². The first kappa shape index (κ1) is 12.9. The molecule has 0 rings (SSSR count). The maximum absolute atomic E-state index is 10.6. The minimum atomic E-state index is -1.57. The highest BCUT2D eigenvalue weighted by Gasteiger charge is 2.29. The molecule has 3 nitrogen and oxygen atoms in total. The molecule has 0 radical (unpaired) electrons. The number of carbonyl (C=O) groups is 1. The zero-order valence-corrected chi connectivity index (χ0v) is 10.3. The van der Waals surface area contributed by atoms with Crippen LogP contribution in [0.4, 0.5) is 0 Å². The molecular weight excluding hydrogens is 194 g/mol. The Balaban J connectivity index is 4.36. The van der Waals surface area contributed by atoms with Gasteiger partial charge in [0.2, 0.25) is 0 Å². The molecule has 0 aromatic carbocycles. The monoisotopic (exact) mass is 211 g/mol. The summed E-state index contributed by atoms with van der Waals surface area (Å²) in [6.45, 7) is 11.6. The molecule has 0 spiro atoms. The molecule has 1 unspecified atom stereocenters. The summed E-state index contributed by atoms with van der Waals surface area (Å²) in [4.78, 5) is 10.6. The Hall–Kier alpha value is -1.08. The Morgan fingerprint density at radius 3 is 2.36 bits per heavy atom. The second-order valence-corrected chi connectivity index (χ2v) is 9.68. The zero-order chi connectivity index (χ0) is 11.4. The quantitative estimate of drug-likeness (QED) is 0.407. The number of rotatable bonds is 4. The molecule has 0 aromatic rings. The van der Waals surface area contributed by atoms with E-state index in [9.17, 15) is 4.79 Å². The standard InChI is InChI=1S/C10H17NO2Si/c1-8(7-13-9(2)12)10(6-11)14(3,4)5/h10H,1,7H2,2-5H3. The van der Waals surface area contributed by atoms with Crippen molar-refractivity contribution >= 4 is 14.0 Å². The van der Waals surface area contributed by atoms with Gasteiger partial charge in [0.25, 0.3) is 0 Å². The van der Waals surface area contributed by atoms with Crippen LogP contribution in [0.15, 0.2) is 12.2 Å². The molecule has 14 heavy (non-hydrogen) atoms. The summed E-state index contributed by atoms with van der Waals surface area (Å²) >= 11 is 0. The van der Waals surface area contributed by atoms with Crippen LogP contribution in [-0.2, 0) is 9.53 Å². The van der Waals surface area contributed by atoms with Gasteiger partial charge in [-0.05, 0) is 5.57 Å². The van der Waals surface area contributed by atoms with Gasteiger partial charge < -0.3 is 4.74 Å². The van der Waals surface area contributed by atoms with E-state index in [1.54, 1.807) is 0 Å². The molecule has 0 aliphatic rings. The minimum absolute atomic E-state index is 0.151. The van der Waals surface area contributed by atoms with Crippen LogP contribution in [0.5, 0.6) is 0 Å². The molecule has 0 saturated carbocycles. The number of esters is 1. The van der Waals surface area contributed by atoms with Gasteiger partial charge in [-0.1, -0.05) is 26.2 Å². The van der Waals surface area contributed by atoms with Crippen LogP contribution in [0.3, 0.4) is 0 Å². The van der Waals surface area contributed by atoms with Crippen molar-refractivity contribution in [1.29, 1.82) is 5.26 Å². The van der Waals surface area contributed by atoms with Crippen molar-refractivity contribution in [2.24, 2.45) is 0 Å². The molecule has 0 aliphatic heterocycles. The van der Waals surface area contributed by atoms with Crippen molar-refractivity contribution in [3.63, 3.8) is 0 Å². The SMILES string of the molecule is C=C(COC(C)=O)C(C#N)[Si](C)(C)C. The highest BCUT2D eigenvalue weighted by atomic mass is 28.3. The maximum atomic E-state index is 10.6. The number of carbonyl (C=O) groups excluding carboxylic acids is 1. The number of hydrogen-bond acceptors (Lipinski definition) is 3. The largest absolute Gasteiger partial charge is 0.461 e. The fourth-order valence-electron chi connectivity index (χ4n) is 1.17. The molecule has 78 valence electrons. The third-order valence-corrected chi connectivity index (χ3v) is 4.13. The van der Waals surface area contributed by atoms with E-state index in [1.807, 2.05) is 0 Å². The summed E-state index contributed by atoms with van der Waals surface area (Å²) in [6, 6.07) is 2.24. The first-order chi connectivity index (χ1) is 6.29. The molecule has 0 N–H and O–H groups in total. The van der Waals surface area contributed by atoms with Gasteiger partial charge in [-0.3, -0.25) is 4.79 Å². The molecular formula is C10H17NO2Si. The van der Waals surface area contributed by atoms with E-state index >= 15 is 0 Å². The summed E-state index contributed by atoms with van der Waals surface area (Å²) in [7, 11) is -1.57. The van der Waals surface area contributed by atoms with Crippen molar-refractivity contribution in [2.75, 3.05) is 6.61 Å². The predicted molar refractivity (Wildman–Crippen MR) is 58.5 cm³/mol. The van der Waals surface area contributed by atoms with Crippen LogP contribution in [-0.4, -0.2) is 20.7 Å². The van der Waals surface area contributed by atoms with Crippen molar-refractivity contribution in [3.8, 4) is 6.07 Å². The molecule has 0 aliphatic carbocycles. The lowest BCUT2D eigenvalue weighted by molar-refractivity contribution is -0.139. The lowest BCUT2D eigenvalue weighted by Crippen LogP contribution is -2.29.